The number of pyridine rings is 1. The van der Waals surface area contributed by atoms with Gasteiger partial charge in [0, 0.05) is 24.9 Å². The summed E-state index contributed by atoms with van der Waals surface area (Å²) in [5, 5.41) is 11.5. The first-order chi connectivity index (χ1) is 18.7. The van der Waals surface area contributed by atoms with Gasteiger partial charge in [0.2, 0.25) is 15.7 Å². The minimum atomic E-state index is -4.41. The molecule has 2 aromatic carbocycles. The number of sulfone groups is 1. The summed E-state index contributed by atoms with van der Waals surface area (Å²) >= 11 is 0. The number of methoxy groups -OCH3 is 1. The van der Waals surface area contributed by atoms with Gasteiger partial charge in [-0.1, -0.05) is 55.8 Å². The second-order valence-corrected chi connectivity index (χ2v) is 11.4. The first-order valence-corrected chi connectivity index (χ1v) is 14.3. The number of aryl methyl sites for hydroxylation is 3. The highest BCUT2D eigenvalue weighted by molar-refractivity contribution is 7.91. The van der Waals surface area contributed by atoms with E-state index < -0.39 is 32.2 Å². The summed E-state index contributed by atoms with van der Waals surface area (Å²) in [5.74, 6) is -0.334. The molecular weight excluding hydrogens is 514 g/mol. The number of hydrogen-bond donors (Lipinski definition) is 1. The molecule has 0 saturated heterocycles. The van der Waals surface area contributed by atoms with Gasteiger partial charge in [-0.05, 0) is 61.2 Å². The van der Waals surface area contributed by atoms with Crippen LogP contribution in [0.2, 0.25) is 0 Å². The molecule has 204 valence electrons. The first-order valence-electron chi connectivity index (χ1n) is 12.9. The summed E-state index contributed by atoms with van der Waals surface area (Å²) in [6, 6.07) is 18.8. The van der Waals surface area contributed by atoms with Gasteiger partial charge in [0.25, 0.3) is 5.56 Å². The molecule has 1 atom stereocenters. The average Bonchev–Trinajstić information content (AvgIpc) is 2.91. The molecule has 2 aromatic heterocycles. The van der Waals surface area contributed by atoms with Crippen molar-refractivity contribution in [2.45, 2.75) is 55.9 Å². The van der Waals surface area contributed by atoms with Crippen molar-refractivity contribution < 1.29 is 18.3 Å². The highest BCUT2D eigenvalue weighted by Crippen LogP contribution is 2.33. The van der Waals surface area contributed by atoms with Crippen LogP contribution in [0.5, 0.6) is 5.88 Å². The van der Waals surface area contributed by atoms with Crippen LogP contribution in [-0.4, -0.2) is 41.8 Å². The molecule has 39 heavy (non-hydrogen) atoms. The van der Waals surface area contributed by atoms with Gasteiger partial charge in [0.1, 0.15) is 5.82 Å². The van der Waals surface area contributed by atoms with Crippen LogP contribution < -0.4 is 5.56 Å². The summed E-state index contributed by atoms with van der Waals surface area (Å²) in [7, 11) is -2.88. The van der Waals surface area contributed by atoms with Crippen molar-refractivity contribution in [2.75, 3.05) is 13.7 Å². The van der Waals surface area contributed by atoms with Gasteiger partial charge in [-0.25, -0.2) is 8.42 Å². The number of unbranched alkanes of at least 4 members (excludes halogenated alkanes) is 1. The number of hydrogen-bond acceptors (Lipinski definition) is 7. The molecule has 0 bridgehead atoms. The summed E-state index contributed by atoms with van der Waals surface area (Å²) in [4.78, 5) is 20.9. The maximum absolute atomic E-state index is 13.8. The Morgan fingerprint density at radius 2 is 1.59 bits per heavy atom. The van der Waals surface area contributed by atoms with Crippen molar-refractivity contribution in [2.24, 2.45) is 0 Å². The predicted octanol–water partition coefficient (Wildman–Crippen LogP) is 5.04. The summed E-state index contributed by atoms with van der Waals surface area (Å²) in [6.07, 6.45) is 1.94. The van der Waals surface area contributed by atoms with E-state index >= 15 is 0 Å². The Balaban J connectivity index is 1.86. The molecule has 0 amide bonds. The monoisotopic (exact) mass is 547 g/mol. The summed E-state index contributed by atoms with van der Waals surface area (Å²) in [5.41, 5.74) is 3.22. The van der Waals surface area contributed by atoms with Crippen LogP contribution in [0.4, 0.5) is 0 Å². The third kappa shape index (κ3) is 5.94. The third-order valence-corrected chi connectivity index (χ3v) is 8.34. The zero-order chi connectivity index (χ0) is 28.2. The fraction of sp³-hybridized carbons (Fsp3) is 0.300. The Labute approximate surface area is 228 Å². The molecular formula is C30H33N3O5S. The average molecular weight is 548 g/mol. The van der Waals surface area contributed by atoms with Crippen LogP contribution in [0.1, 0.15) is 48.6 Å². The highest BCUT2D eigenvalue weighted by Gasteiger charge is 2.32. The van der Waals surface area contributed by atoms with E-state index in [2.05, 4.69) is 9.97 Å². The number of nitrogens with zero attached hydrogens (tertiary/aromatic N) is 3. The van der Waals surface area contributed by atoms with E-state index in [4.69, 9.17) is 4.74 Å². The molecule has 0 fully saturated rings. The van der Waals surface area contributed by atoms with Gasteiger partial charge >= 0.3 is 0 Å². The molecule has 0 radical (unpaired) electrons. The standard InChI is InChI=1S/C30H33N3O5S/c1-5-6-12-27-32-29(34)28(30(35)33(27)26(19-38-4)23-10-8-7-9-11-23)39(36,37)25-15-13-22(14-16-25)24-17-20(2)31-21(3)18-24/h7-11,13-18,26,35H,5-6,12,19H2,1-4H3/t26-/m0/s1. The van der Waals surface area contributed by atoms with Gasteiger partial charge in [-0.15, -0.1) is 0 Å². The lowest BCUT2D eigenvalue weighted by Gasteiger charge is -2.25. The van der Waals surface area contributed by atoms with Gasteiger partial charge in [-0.2, -0.15) is 4.98 Å². The van der Waals surface area contributed by atoms with Crippen molar-refractivity contribution in [3.8, 4) is 17.0 Å². The minimum Gasteiger partial charge on any atom is -0.493 e. The van der Waals surface area contributed by atoms with Crippen molar-refractivity contribution >= 4 is 9.84 Å². The van der Waals surface area contributed by atoms with E-state index in [1.807, 2.05) is 63.2 Å². The largest absolute Gasteiger partial charge is 0.493 e. The molecule has 9 heteroatoms. The zero-order valence-electron chi connectivity index (χ0n) is 22.6. The van der Waals surface area contributed by atoms with Crippen LogP contribution in [0.15, 0.2) is 81.3 Å². The second-order valence-electron chi connectivity index (χ2n) is 9.51. The van der Waals surface area contributed by atoms with E-state index in [1.54, 1.807) is 12.1 Å². The lowest BCUT2D eigenvalue weighted by molar-refractivity contribution is 0.161. The Kier molecular flexibility index (Phi) is 8.62. The van der Waals surface area contributed by atoms with Crippen LogP contribution in [0.25, 0.3) is 11.1 Å². The zero-order valence-corrected chi connectivity index (χ0v) is 23.4. The molecule has 1 N–H and O–H groups in total. The second kappa shape index (κ2) is 11.9. The molecule has 0 aliphatic heterocycles. The summed E-state index contributed by atoms with van der Waals surface area (Å²) < 4.78 is 34.4. The highest BCUT2D eigenvalue weighted by atomic mass is 32.2. The van der Waals surface area contributed by atoms with E-state index in [0.717, 1.165) is 34.5 Å². The molecule has 0 aliphatic rings. The summed E-state index contributed by atoms with van der Waals surface area (Å²) in [6.45, 7) is 5.93. The van der Waals surface area contributed by atoms with Crippen molar-refractivity contribution in [3.63, 3.8) is 0 Å². The smallest absolute Gasteiger partial charge is 0.296 e. The van der Waals surface area contributed by atoms with Crippen molar-refractivity contribution in [1.82, 2.24) is 14.5 Å². The molecule has 0 aliphatic carbocycles. The maximum atomic E-state index is 13.8. The SMILES string of the molecule is CCCCc1nc(=O)c(S(=O)(=O)c2ccc(-c3cc(C)nc(C)c3)cc2)c(O)n1[C@@H](COC)c1ccccc1. The van der Waals surface area contributed by atoms with E-state index in [0.29, 0.717) is 18.7 Å². The van der Waals surface area contributed by atoms with E-state index in [1.165, 1.54) is 23.8 Å². The normalized spacial score (nSPS) is 12.4. The topological polar surface area (TPSA) is 111 Å². The van der Waals surface area contributed by atoms with Crippen molar-refractivity contribution in [1.29, 1.82) is 0 Å². The van der Waals surface area contributed by atoms with E-state index in [-0.39, 0.29) is 11.5 Å². The van der Waals surface area contributed by atoms with Crippen LogP contribution >= 0.6 is 0 Å². The number of aromatic nitrogens is 3. The number of rotatable bonds is 10. The molecule has 4 aromatic rings. The van der Waals surface area contributed by atoms with Gasteiger partial charge in [0.05, 0.1) is 17.5 Å². The Morgan fingerprint density at radius 1 is 0.949 bits per heavy atom. The van der Waals surface area contributed by atoms with Gasteiger partial charge < -0.3 is 9.84 Å². The molecule has 0 unspecified atom stereocenters. The Hall–Kier alpha value is -3.82. The van der Waals surface area contributed by atoms with Crippen LogP contribution in [-0.2, 0) is 21.0 Å². The quantitative estimate of drug-likeness (QED) is 0.296. The third-order valence-electron chi connectivity index (χ3n) is 6.56. The lowest BCUT2D eigenvalue weighted by Crippen LogP contribution is -2.29. The van der Waals surface area contributed by atoms with Gasteiger partial charge in [0.15, 0.2) is 4.90 Å². The Bertz CT molecular complexity index is 1600. The number of aromatic hydroxyl groups is 1. The lowest BCUT2D eigenvalue weighted by atomic mass is 10.1. The molecule has 4 rings (SSSR count). The van der Waals surface area contributed by atoms with E-state index in [9.17, 15) is 18.3 Å². The van der Waals surface area contributed by atoms with Crippen LogP contribution in [0.3, 0.4) is 0 Å². The minimum absolute atomic E-state index is 0.112. The molecule has 0 saturated carbocycles. The van der Waals surface area contributed by atoms with Crippen LogP contribution in [0, 0.1) is 13.8 Å². The Morgan fingerprint density at radius 3 is 2.18 bits per heavy atom. The number of benzene rings is 2. The van der Waals surface area contributed by atoms with Crippen molar-refractivity contribution in [3.05, 3.63) is 99.9 Å². The molecule has 8 nitrogen and oxygen atoms in total. The fourth-order valence-corrected chi connectivity index (χ4v) is 6.07. The fourth-order valence-electron chi connectivity index (χ4n) is 4.72. The number of ether oxygens (including phenoxy) is 1. The van der Waals surface area contributed by atoms with Gasteiger partial charge in [-0.3, -0.25) is 14.3 Å². The predicted molar refractivity (Wildman–Crippen MR) is 150 cm³/mol. The molecule has 2 heterocycles. The molecule has 0 spiro atoms. The maximum Gasteiger partial charge on any atom is 0.296 e. The first kappa shape index (κ1) is 28.2.